The fraction of sp³-hybridized carbons (Fsp3) is 0.310. The normalized spacial score (nSPS) is 11.9. The second kappa shape index (κ2) is 14.4. The number of ether oxygens (including phenoxy) is 2. The number of hydrogen-bond acceptors (Lipinski definition) is 6. The van der Waals surface area contributed by atoms with Gasteiger partial charge in [-0.3, -0.25) is 13.9 Å². The van der Waals surface area contributed by atoms with Crippen molar-refractivity contribution < 1.29 is 27.5 Å². The third-order valence-electron chi connectivity index (χ3n) is 6.35. The van der Waals surface area contributed by atoms with E-state index in [1.165, 1.54) is 61.6 Å². The Balaban J connectivity index is 2.07. The van der Waals surface area contributed by atoms with E-state index in [4.69, 9.17) is 32.7 Å². The van der Waals surface area contributed by atoms with Crippen molar-refractivity contribution in [2.75, 3.05) is 31.6 Å². The van der Waals surface area contributed by atoms with E-state index in [0.717, 1.165) is 4.31 Å². The Hall–Kier alpha value is -3.47. The van der Waals surface area contributed by atoms with Crippen molar-refractivity contribution in [2.24, 2.45) is 0 Å². The van der Waals surface area contributed by atoms with Gasteiger partial charge >= 0.3 is 0 Å². The molecule has 220 valence electrons. The van der Waals surface area contributed by atoms with E-state index in [1.807, 2.05) is 6.92 Å². The average molecular weight is 623 g/mol. The molecule has 0 bridgehead atoms. The maximum absolute atomic E-state index is 14.0. The number of amides is 2. The van der Waals surface area contributed by atoms with Gasteiger partial charge < -0.3 is 19.7 Å². The number of carbonyl (C=O) groups excluding carboxylic acids is 2. The molecular formula is C29H33Cl2N3O6S. The number of rotatable bonds is 13. The van der Waals surface area contributed by atoms with Crippen LogP contribution in [0.5, 0.6) is 11.5 Å². The van der Waals surface area contributed by atoms with E-state index in [9.17, 15) is 18.0 Å². The number of sulfonamides is 1. The minimum absolute atomic E-state index is 0.00984. The van der Waals surface area contributed by atoms with Crippen molar-refractivity contribution in [3.05, 3.63) is 82.3 Å². The number of nitrogens with one attached hydrogen (secondary N) is 1. The van der Waals surface area contributed by atoms with Crippen molar-refractivity contribution in [3.8, 4) is 11.5 Å². The molecule has 0 fully saturated rings. The van der Waals surface area contributed by atoms with Crippen LogP contribution in [0.2, 0.25) is 10.0 Å². The lowest BCUT2D eigenvalue weighted by atomic mass is 10.1. The van der Waals surface area contributed by atoms with Crippen LogP contribution < -0.4 is 19.1 Å². The molecule has 0 aliphatic heterocycles. The van der Waals surface area contributed by atoms with Crippen LogP contribution in [-0.4, -0.2) is 58.5 Å². The summed E-state index contributed by atoms with van der Waals surface area (Å²) in [5, 5.41) is 3.61. The lowest BCUT2D eigenvalue weighted by Crippen LogP contribution is -2.51. The van der Waals surface area contributed by atoms with Gasteiger partial charge in [0, 0.05) is 29.2 Å². The second-order valence-corrected chi connectivity index (χ2v) is 11.8. The molecule has 41 heavy (non-hydrogen) atoms. The first-order valence-electron chi connectivity index (χ1n) is 12.8. The van der Waals surface area contributed by atoms with E-state index in [1.54, 1.807) is 31.2 Å². The van der Waals surface area contributed by atoms with Gasteiger partial charge in [0.2, 0.25) is 11.8 Å². The van der Waals surface area contributed by atoms with Gasteiger partial charge in [0.15, 0.2) is 11.5 Å². The average Bonchev–Trinajstić information content (AvgIpc) is 2.97. The first-order valence-corrected chi connectivity index (χ1v) is 15.0. The van der Waals surface area contributed by atoms with Crippen LogP contribution in [0.15, 0.2) is 71.6 Å². The number of halogens is 2. The highest BCUT2D eigenvalue weighted by molar-refractivity contribution is 7.92. The van der Waals surface area contributed by atoms with Gasteiger partial charge in [-0.15, -0.1) is 0 Å². The Bertz CT molecular complexity index is 1470. The molecule has 9 nitrogen and oxygen atoms in total. The van der Waals surface area contributed by atoms with Crippen molar-refractivity contribution in [3.63, 3.8) is 0 Å². The Kier molecular flexibility index (Phi) is 11.3. The monoisotopic (exact) mass is 621 g/mol. The first kappa shape index (κ1) is 32.0. The molecule has 0 saturated heterocycles. The van der Waals surface area contributed by atoms with Crippen molar-refractivity contribution >= 4 is 50.7 Å². The van der Waals surface area contributed by atoms with Gasteiger partial charge in [-0.25, -0.2) is 8.42 Å². The molecule has 0 aliphatic rings. The standard InChI is InChI=1S/C29H33Cl2N3O6S/c1-5-16-32-29(36)20(2)33(18-21-8-6-7-9-25(21)31)28(35)19-34(23-12-10-22(30)11-13-23)41(37,38)24-14-15-26(39-3)27(17-24)40-4/h6-15,17,20H,5,16,18-19H2,1-4H3,(H,32,36). The number of methoxy groups -OCH3 is 2. The molecule has 1 unspecified atom stereocenters. The van der Waals surface area contributed by atoms with Gasteiger partial charge in [0.1, 0.15) is 12.6 Å². The zero-order valence-electron chi connectivity index (χ0n) is 23.3. The van der Waals surface area contributed by atoms with Gasteiger partial charge in [-0.2, -0.15) is 0 Å². The molecular weight excluding hydrogens is 589 g/mol. The van der Waals surface area contributed by atoms with Crippen LogP contribution in [0.25, 0.3) is 0 Å². The van der Waals surface area contributed by atoms with Crippen LogP contribution >= 0.6 is 23.2 Å². The van der Waals surface area contributed by atoms with Crippen molar-refractivity contribution in [2.45, 2.75) is 37.8 Å². The largest absolute Gasteiger partial charge is 0.493 e. The van der Waals surface area contributed by atoms with Gasteiger partial charge in [0.25, 0.3) is 10.0 Å². The summed E-state index contributed by atoms with van der Waals surface area (Å²) in [5.74, 6) is -0.424. The Morgan fingerprint density at radius 2 is 1.61 bits per heavy atom. The van der Waals surface area contributed by atoms with Crippen LogP contribution in [-0.2, 0) is 26.2 Å². The van der Waals surface area contributed by atoms with Gasteiger partial charge in [-0.05, 0) is 61.4 Å². The highest BCUT2D eigenvalue weighted by Crippen LogP contribution is 2.33. The molecule has 3 aromatic carbocycles. The summed E-state index contributed by atoms with van der Waals surface area (Å²) in [6.07, 6.45) is 0.713. The molecule has 0 radical (unpaired) electrons. The Morgan fingerprint density at radius 1 is 0.951 bits per heavy atom. The van der Waals surface area contributed by atoms with E-state index in [2.05, 4.69) is 5.32 Å². The van der Waals surface area contributed by atoms with Crippen molar-refractivity contribution in [1.29, 1.82) is 0 Å². The molecule has 1 N–H and O–H groups in total. The summed E-state index contributed by atoms with van der Waals surface area (Å²) in [7, 11) is -1.48. The third kappa shape index (κ3) is 7.84. The SMILES string of the molecule is CCCNC(=O)C(C)N(Cc1ccccc1Cl)C(=O)CN(c1ccc(Cl)cc1)S(=O)(=O)c1ccc(OC)c(OC)c1. The van der Waals surface area contributed by atoms with Gasteiger partial charge in [-0.1, -0.05) is 48.3 Å². The summed E-state index contributed by atoms with van der Waals surface area (Å²) >= 11 is 12.5. The molecule has 3 aromatic rings. The summed E-state index contributed by atoms with van der Waals surface area (Å²) in [6.45, 7) is 3.33. The van der Waals surface area contributed by atoms with Crippen LogP contribution in [0, 0.1) is 0 Å². The second-order valence-electron chi connectivity index (χ2n) is 9.08. The fourth-order valence-electron chi connectivity index (χ4n) is 4.03. The predicted octanol–water partition coefficient (Wildman–Crippen LogP) is 5.15. The molecule has 3 rings (SSSR count). The van der Waals surface area contributed by atoms with Crippen LogP contribution in [0.1, 0.15) is 25.8 Å². The van der Waals surface area contributed by atoms with E-state index >= 15 is 0 Å². The summed E-state index contributed by atoms with van der Waals surface area (Å²) < 4.78 is 39.6. The number of carbonyl (C=O) groups is 2. The number of hydrogen-bond donors (Lipinski definition) is 1. The number of anilines is 1. The lowest BCUT2D eigenvalue weighted by molar-refractivity contribution is -0.139. The Labute approximate surface area is 251 Å². The van der Waals surface area contributed by atoms with E-state index in [-0.39, 0.29) is 28.8 Å². The first-order chi connectivity index (χ1) is 19.5. The zero-order valence-corrected chi connectivity index (χ0v) is 25.6. The molecule has 0 saturated carbocycles. The minimum atomic E-state index is -4.31. The Morgan fingerprint density at radius 3 is 2.22 bits per heavy atom. The van der Waals surface area contributed by atoms with Crippen LogP contribution in [0.3, 0.4) is 0 Å². The molecule has 12 heteroatoms. The molecule has 1 atom stereocenters. The molecule has 0 aliphatic carbocycles. The van der Waals surface area contributed by atoms with E-state index in [0.29, 0.717) is 34.3 Å². The molecule has 0 spiro atoms. The third-order valence-corrected chi connectivity index (χ3v) is 8.74. The predicted molar refractivity (Wildman–Crippen MR) is 160 cm³/mol. The highest BCUT2D eigenvalue weighted by atomic mass is 35.5. The summed E-state index contributed by atoms with van der Waals surface area (Å²) in [4.78, 5) is 28.1. The maximum atomic E-state index is 14.0. The molecule has 0 heterocycles. The van der Waals surface area contributed by atoms with Crippen molar-refractivity contribution in [1.82, 2.24) is 10.2 Å². The zero-order chi connectivity index (χ0) is 30.2. The molecule has 2 amide bonds. The summed E-state index contributed by atoms with van der Waals surface area (Å²) in [5.41, 5.74) is 0.816. The summed E-state index contributed by atoms with van der Waals surface area (Å²) in [6, 6.07) is 16.3. The number of nitrogens with zero attached hydrogens (tertiary/aromatic N) is 2. The smallest absolute Gasteiger partial charge is 0.264 e. The molecule has 0 aromatic heterocycles. The maximum Gasteiger partial charge on any atom is 0.264 e. The van der Waals surface area contributed by atoms with Gasteiger partial charge in [0.05, 0.1) is 24.8 Å². The number of benzene rings is 3. The van der Waals surface area contributed by atoms with Crippen LogP contribution in [0.4, 0.5) is 5.69 Å². The van der Waals surface area contributed by atoms with E-state index < -0.39 is 28.5 Å². The fourth-order valence-corrected chi connectivity index (χ4v) is 5.78. The highest BCUT2D eigenvalue weighted by Gasteiger charge is 2.33. The quantitative estimate of drug-likeness (QED) is 0.283. The minimum Gasteiger partial charge on any atom is -0.493 e. The lowest BCUT2D eigenvalue weighted by Gasteiger charge is -2.32. The topological polar surface area (TPSA) is 105 Å².